The van der Waals surface area contributed by atoms with E-state index in [0.717, 1.165) is 58.3 Å². The van der Waals surface area contributed by atoms with Gasteiger partial charge in [-0.3, -0.25) is 4.57 Å². The van der Waals surface area contributed by atoms with Crippen LogP contribution < -0.4 is 15.4 Å². The Balaban J connectivity index is 1.47. The number of aryl methyl sites for hydroxylation is 2. The molecule has 2 N–H and O–H groups in total. The van der Waals surface area contributed by atoms with Crippen LogP contribution in [0, 0.1) is 13.8 Å². The zero-order chi connectivity index (χ0) is 22.9. The topological polar surface area (TPSA) is 72.4 Å². The molecule has 0 unspecified atom stereocenters. The molecular formula is C26H36N6O. The van der Waals surface area contributed by atoms with Crippen LogP contribution in [-0.2, 0) is 0 Å². The Hall–Kier alpha value is -2.80. The maximum atomic E-state index is 6.73. The fourth-order valence-corrected chi connectivity index (χ4v) is 5.71. The first-order valence-corrected chi connectivity index (χ1v) is 12.4. The minimum absolute atomic E-state index is 0.655. The Bertz CT molecular complexity index is 1110. The number of ether oxygens (including phenoxy) is 1. The van der Waals surface area contributed by atoms with E-state index in [2.05, 4.69) is 43.6 Å². The van der Waals surface area contributed by atoms with Crippen LogP contribution in [0.3, 0.4) is 0 Å². The number of aromatic nitrogens is 3. The minimum atomic E-state index is 0.655. The number of hydrogen-bond donors (Lipinski definition) is 1. The Labute approximate surface area is 196 Å². The maximum absolute atomic E-state index is 6.73. The van der Waals surface area contributed by atoms with Gasteiger partial charge in [0.2, 0.25) is 0 Å². The molecule has 0 spiro atoms. The van der Waals surface area contributed by atoms with E-state index in [9.17, 15) is 0 Å². The highest BCUT2D eigenvalue weighted by atomic mass is 16.5. The third-order valence-corrected chi connectivity index (χ3v) is 7.40. The van der Waals surface area contributed by atoms with E-state index in [4.69, 9.17) is 10.5 Å². The number of fused-ring (bicyclic) bond motifs is 1. The molecule has 2 aliphatic heterocycles. The monoisotopic (exact) mass is 448 g/mol. The van der Waals surface area contributed by atoms with Gasteiger partial charge in [0, 0.05) is 30.5 Å². The molecule has 2 fully saturated rings. The molecule has 2 saturated heterocycles. The second kappa shape index (κ2) is 9.21. The van der Waals surface area contributed by atoms with E-state index in [1.165, 1.54) is 45.2 Å². The molecule has 5 rings (SSSR count). The number of anilines is 2. The second-order valence-electron chi connectivity index (χ2n) is 9.41. The lowest BCUT2D eigenvalue weighted by Crippen LogP contribution is -2.47. The van der Waals surface area contributed by atoms with Crippen molar-refractivity contribution in [1.29, 1.82) is 0 Å². The molecule has 2 aromatic heterocycles. The molecule has 0 saturated carbocycles. The number of likely N-dealkylation sites (tertiary alicyclic amines) is 1. The molecule has 2 aliphatic rings. The van der Waals surface area contributed by atoms with Crippen molar-refractivity contribution in [2.75, 3.05) is 43.4 Å². The summed E-state index contributed by atoms with van der Waals surface area (Å²) in [5.74, 6) is 2.57. The van der Waals surface area contributed by atoms with Gasteiger partial charge in [0.15, 0.2) is 5.82 Å². The lowest BCUT2D eigenvalue weighted by Gasteiger charge is -2.40. The van der Waals surface area contributed by atoms with E-state index in [1.807, 2.05) is 26.0 Å². The summed E-state index contributed by atoms with van der Waals surface area (Å²) >= 11 is 0. The normalized spacial score (nSPS) is 18.2. The molecule has 0 bridgehead atoms. The van der Waals surface area contributed by atoms with Gasteiger partial charge in [-0.15, -0.1) is 5.10 Å². The second-order valence-corrected chi connectivity index (χ2v) is 9.41. The molecule has 7 heteroatoms. The third-order valence-electron chi connectivity index (χ3n) is 7.40. The molecule has 3 aromatic rings. The number of rotatable bonds is 5. The molecule has 0 amide bonds. The Morgan fingerprint density at radius 1 is 0.939 bits per heavy atom. The van der Waals surface area contributed by atoms with E-state index >= 15 is 0 Å². The van der Waals surface area contributed by atoms with Crippen molar-refractivity contribution >= 4 is 22.4 Å². The van der Waals surface area contributed by atoms with Crippen molar-refractivity contribution in [2.45, 2.75) is 58.9 Å². The number of benzene rings is 1. The lowest BCUT2D eigenvalue weighted by atomic mass is 9.99. The van der Waals surface area contributed by atoms with Crippen molar-refractivity contribution in [3.05, 3.63) is 35.7 Å². The zero-order valence-corrected chi connectivity index (χ0v) is 20.2. The number of piperidine rings is 2. The average molecular weight is 449 g/mol. The fourth-order valence-electron chi connectivity index (χ4n) is 5.71. The molecule has 0 radical (unpaired) electrons. The van der Waals surface area contributed by atoms with Crippen molar-refractivity contribution in [3.8, 4) is 11.4 Å². The molecule has 33 heavy (non-hydrogen) atoms. The van der Waals surface area contributed by atoms with Crippen LogP contribution in [0.4, 0.5) is 11.6 Å². The number of hydrogen-bond acceptors (Lipinski definition) is 6. The number of nitrogen functional groups attached to an aromatic ring is 1. The predicted molar refractivity (Wildman–Crippen MR) is 135 cm³/mol. The highest BCUT2D eigenvalue weighted by molar-refractivity contribution is 6.03. The first kappa shape index (κ1) is 22.0. The summed E-state index contributed by atoms with van der Waals surface area (Å²) in [6, 6.07) is 8.83. The van der Waals surface area contributed by atoms with E-state index in [0.29, 0.717) is 12.6 Å². The van der Waals surface area contributed by atoms with Crippen molar-refractivity contribution in [1.82, 2.24) is 19.7 Å². The van der Waals surface area contributed by atoms with Gasteiger partial charge in [0.25, 0.3) is 0 Å². The SMILES string of the molecule is CCOc1ccc(-n2c(C)c3c(N4CCC(N5CCCCC5)CC4)nnc(C)c3c2N)cc1. The van der Waals surface area contributed by atoms with Crippen LogP contribution >= 0.6 is 0 Å². The molecule has 176 valence electrons. The summed E-state index contributed by atoms with van der Waals surface area (Å²) in [6.45, 7) is 11.3. The Morgan fingerprint density at radius 2 is 1.64 bits per heavy atom. The quantitative estimate of drug-likeness (QED) is 0.621. The highest BCUT2D eigenvalue weighted by Gasteiger charge is 2.29. The predicted octanol–water partition coefficient (Wildman–Crippen LogP) is 4.47. The first-order chi connectivity index (χ1) is 16.1. The van der Waals surface area contributed by atoms with Crippen LogP contribution in [0.1, 0.15) is 50.4 Å². The Kier molecular flexibility index (Phi) is 6.15. The largest absolute Gasteiger partial charge is 0.494 e. The van der Waals surface area contributed by atoms with Crippen LogP contribution in [-0.4, -0.2) is 58.5 Å². The zero-order valence-electron chi connectivity index (χ0n) is 20.2. The van der Waals surface area contributed by atoms with Gasteiger partial charge in [0.1, 0.15) is 11.6 Å². The van der Waals surface area contributed by atoms with Gasteiger partial charge in [-0.25, -0.2) is 0 Å². The van der Waals surface area contributed by atoms with Gasteiger partial charge < -0.3 is 20.3 Å². The summed E-state index contributed by atoms with van der Waals surface area (Å²) in [7, 11) is 0. The lowest BCUT2D eigenvalue weighted by molar-refractivity contribution is 0.141. The Morgan fingerprint density at radius 3 is 2.30 bits per heavy atom. The smallest absolute Gasteiger partial charge is 0.161 e. The first-order valence-electron chi connectivity index (χ1n) is 12.4. The maximum Gasteiger partial charge on any atom is 0.161 e. The highest BCUT2D eigenvalue weighted by Crippen LogP contribution is 2.38. The van der Waals surface area contributed by atoms with Crippen LogP contribution in [0.5, 0.6) is 5.75 Å². The van der Waals surface area contributed by atoms with Gasteiger partial charge >= 0.3 is 0 Å². The van der Waals surface area contributed by atoms with Crippen LogP contribution in [0.15, 0.2) is 24.3 Å². The van der Waals surface area contributed by atoms with Gasteiger partial charge in [-0.05, 0) is 83.8 Å². The van der Waals surface area contributed by atoms with Crippen molar-refractivity contribution < 1.29 is 4.74 Å². The van der Waals surface area contributed by atoms with Gasteiger partial charge in [0.05, 0.1) is 23.1 Å². The third kappa shape index (κ3) is 4.03. The number of nitrogens with zero attached hydrogens (tertiary/aromatic N) is 5. The summed E-state index contributed by atoms with van der Waals surface area (Å²) in [6.07, 6.45) is 6.46. The van der Waals surface area contributed by atoms with E-state index < -0.39 is 0 Å². The van der Waals surface area contributed by atoms with E-state index in [1.54, 1.807) is 0 Å². The molecule has 0 aliphatic carbocycles. The van der Waals surface area contributed by atoms with Crippen LogP contribution in [0.25, 0.3) is 16.5 Å². The fraction of sp³-hybridized carbons (Fsp3) is 0.538. The summed E-state index contributed by atoms with van der Waals surface area (Å²) in [4.78, 5) is 5.13. The molecule has 4 heterocycles. The summed E-state index contributed by atoms with van der Waals surface area (Å²) in [5, 5.41) is 11.4. The van der Waals surface area contributed by atoms with Crippen LogP contribution in [0.2, 0.25) is 0 Å². The number of nitrogens with two attached hydrogens (primary N) is 1. The standard InChI is InChI=1S/C26H36N6O/c1-4-33-22-10-8-21(9-11-22)32-19(3)24-23(25(32)27)18(2)28-29-26(24)31-16-12-20(13-17-31)30-14-6-5-7-15-30/h8-11,20H,4-7,12-17,27H2,1-3H3. The minimum Gasteiger partial charge on any atom is -0.494 e. The van der Waals surface area contributed by atoms with Gasteiger partial charge in [-0.1, -0.05) is 6.42 Å². The van der Waals surface area contributed by atoms with Gasteiger partial charge in [-0.2, -0.15) is 5.10 Å². The molecule has 1 aromatic carbocycles. The molecular weight excluding hydrogens is 412 g/mol. The molecule has 0 atom stereocenters. The van der Waals surface area contributed by atoms with E-state index in [-0.39, 0.29) is 0 Å². The average Bonchev–Trinajstić information content (AvgIpc) is 3.12. The van der Waals surface area contributed by atoms with Crippen molar-refractivity contribution in [3.63, 3.8) is 0 Å². The molecule has 7 nitrogen and oxygen atoms in total. The van der Waals surface area contributed by atoms with Crippen molar-refractivity contribution in [2.24, 2.45) is 0 Å². The summed E-state index contributed by atoms with van der Waals surface area (Å²) < 4.78 is 7.74. The summed E-state index contributed by atoms with van der Waals surface area (Å²) in [5.41, 5.74) is 9.74.